The van der Waals surface area contributed by atoms with Crippen LogP contribution in [0.15, 0.2) is 18.2 Å². The third kappa shape index (κ3) is 7.05. The van der Waals surface area contributed by atoms with Gasteiger partial charge in [-0.1, -0.05) is 44.5 Å². The lowest BCUT2D eigenvalue weighted by Crippen LogP contribution is -2.33. The average molecular weight is 567 g/mol. The minimum absolute atomic E-state index is 0. The molecule has 39 heavy (non-hydrogen) atoms. The Kier molecular flexibility index (Phi) is 8.59. The van der Waals surface area contributed by atoms with Crippen LogP contribution in [0.3, 0.4) is 0 Å². The highest BCUT2D eigenvalue weighted by Crippen LogP contribution is 2.49. The van der Waals surface area contributed by atoms with Crippen molar-refractivity contribution in [3.63, 3.8) is 0 Å². The summed E-state index contributed by atoms with van der Waals surface area (Å²) in [5.41, 5.74) is 3.40. The molecule has 1 aromatic heterocycles. The standard InChI is InChI=1S/C30H41F3N4O.ClH/c1-18-6-7-21(19(2)10-18)13-26(38)24-15-36(17-30(31,32)33)16-25(24)28-35-34-27(37(28)23-8-9-23)22-11-20(12-22)14-29(3,4)5;/h6-7,10,20,22-25H,8-9,11-17H2,1-5H3;1H/t20?,22?,24-,25-;/m0./s1. The van der Waals surface area contributed by atoms with E-state index < -0.39 is 18.6 Å². The number of ketones is 1. The zero-order valence-corrected chi connectivity index (χ0v) is 24.5. The van der Waals surface area contributed by atoms with Crippen molar-refractivity contribution in [1.29, 1.82) is 0 Å². The van der Waals surface area contributed by atoms with Crippen LogP contribution in [0.4, 0.5) is 13.2 Å². The molecule has 0 spiro atoms. The number of alkyl halides is 3. The van der Waals surface area contributed by atoms with Gasteiger partial charge in [-0.3, -0.25) is 9.69 Å². The monoisotopic (exact) mass is 566 g/mol. The lowest BCUT2D eigenvalue weighted by molar-refractivity contribution is -0.144. The molecule has 1 aliphatic heterocycles. The smallest absolute Gasteiger partial charge is 0.311 e. The van der Waals surface area contributed by atoms with Gasteiger partial charge in [0.25, 0.3) is 0 Å². The van der Waals surface area contributed by atoms with Gasteiger partial charge in [0, 0.05) is 43.3 Å². The minimum Gasteiger partial charge on any atom is -0.311 e. The fourth-order valence-electron chi connectivity index (χ4n) is 6.75. The molecule has 0 amide bonds. The topological polar surface area (TPSA) is 51.0 Å². The molecule has 5 rings (SSSR count). The quantitative estimate of drug-likeness (QED) is 0.346. The van der Waals surface area contributed by atoms with Gasteiger partial charge < -0.3 is 4.57 Å². The number of rotatable bonds is 8. The predicted molar refractivity (Wildman–Crippen MR) is 148 cm³/mol. The molecule has 1 aromatic carbocycles. The van der Waals surface area contributed by atoms with Crippen LogP contribution in [0.1, 0.15) is 99.1 Å². The fourth-order valence-corrected chi connectivity index (χ4v) is 6.75. The largest absolute Gasteiger partial charge is 0.401 e. The van der Waals surface area contributed by atoms with E-state index >= 15 is 0 Å². The molecule has 2 saturated carbocycles. The molecule has 2 atom stereocenters. The molecule has 5 nitrogen and oxygen atoms in total. The molecule has 2 aromatic rings. The molecule has 3 fully saturated rings. The summed E-state index contributed by atoms with van der Waals surface area (Å²) in [5.74, 6) is 1.83. The van der Waals surface area contributed by atoms with Crippen molar-refractivity contribution in [3.05, 3.63) is 46.5 Å². The second-order valence-electron chi connectivity index (χ2n) is 13.4. The van der Waals surface area contributed by atoms with Crippen LogP contribution >= 0.6 is 12.4 Å². The minimum atomic E-state index is -4.31. The van der Waals surface area contributed by atoms with Crippen molar-refractivity contribution in [2.24, 2.45) is 17.3 Å². The number of likely N-dealkylation sites (tertiary alicyclic amines) is 1. The Morgan fingerprint density at radius 1 is 1.03 bits per heavy atom. The number of nitrogens with zero attached hydrogens (tertiary/aromatic N) is 4. The molecular weight excluding hydrogens is 525 g/mol. The highest BCUT2D eigenvalue weighted by molar-refractivity contribution is 5.85. The Bertz CT molecular complexity index is 1180. The summed E-state index contributed by atoms with van der Waals surface area (Å²) in [4.78, 5) is 15.1. The molecular formula is C30H42ClF3N4O. The Balaban J connectivity index is 0.00000353. The Morgan fingerprint density at radius 3 is 2.28 bits per heavy atom. The number of halogens is 4. The van der Waals surface area contributed by atoms with Gasteiger partial charge in [0.1, 0.15) is 17.4 Å². The van der Waals surface area contributed by atoms with E-state index in [2.05, 4.69) is 35.5 Å². The van der Waals surface area contributed by atoms with E-state index in [1.165, 1.54) is 11.3 Å². The maximum atomic E-state index is 13.7. The molecule has 2 heterocycles. The van der Waals surface area contributed by atoms with Crippen molar-refractivity contribution < 1.29 is 18.0 Å². The first kappa shape index (κ1) is 30.0. The van der Waals surface area contributed by atoms with Crippen molar-refractivity contribution >= 4 is 18.2 Å². The molecule has 0 radical (unpaired) electrons. The number of benzene rings is 1. The first-order valence-corrected chi connectivity index (χ1v) is 14.1. The molecule has 0 bridgehead atoms. The van der Waals surface area contributed by atoms with E-state index in [0.29, 0.717) is 23.3 Å². The first-order chi connectivity index (χ1) is 17.8. The number of carbonyl (C=O) groups excluding carboxylic acids is 1. The SMILES string of the molecule is Cc1ccc(CC(=O)[C@H]2CN(CC(F)(F)F)C[C@@H]2c2nnc(C3CC(CC(C)(C)C)C3)n2C2CC2)c(C)c1.Cl. The number of hydrogen-bond acceptors (Lipinski definition) is 4. The van der Waals surface area contributed by atoms with Gasteiger partial charge in [0.05, 0.1) is 6.54 Å². The predicted octanol–water partition coefficient (Wildman–Crippen LogP) is 6.97. The molecule has 0 N–H and O–H groups in total. The number of hydrogen-bond donors (Lipinski definition) is 0. The van der Waals surface area contributed by atoms with E-state index in [1.54, 1.807) is 0 Å². The van der Waals surface area contributed by atoms with Gasteiger partial charge >= 0.3 is 6.18 Å². The van der Waals surface area contributed by atoms with Gasteiger partial charge in [0.2, 0.25) is 0 Å². The van der Waals surface area contributed by atoms with Gasteiger partial charge in [-0.2, -0.15) is 13.2 Å². The van der Waals surface area contributed by atoms with Gasteiger partial charge in [-0.25, -0.2) is 0 Å². The normalized spacial score (nSPS) is 25.8. The van der Waals surface area contributed by atoms with E-state index in [-0.39, 0.29) is 43.6 Å². The van der Waals surface area contributed by atoms with Crippen molar-refractivity contribution in [3.8, 4) is 0 Å². The zero-order chi connectivity index (χ0) is 27.4. The summed E-state index contributed by atoms with van der Waals surface area (Å²) in [6, 6.07) is 6.31. The zero-order valence-electron chi connectivity index (χ0n) is 23.7. The van der Waals surface area contributed by atoms with E-state index in [1.807, 2.05) is 32.0 Å². The molecule has 2 aliphatic carbocycles. The van der Waals surface area contributed by atoms with Crippen LogP contribution in [0, 0.1) is 31.1 Å². The van der Waals surface area contributed by atoms with Crippen LogP contribution in [0.2, 0.25) is 0 Å². The first-order valence-electron chi connectivity index (χ1n) is 14.1. The highest BCUT2D eigenvalue weighted by Gasteiger charge is 2.47. The third-order valence-electron chi connectivity index (χ3n) is 8.57. The van der Waals surface area contributed by atoms with Gasteiger partial charge in [-0.15, -0.1) is 22.6 Å². The van der Waals surface area contributed by atoms with Crippen LogP contribution in [-0.4, -0.2) is 51.3 Å². The Morgan fingerprint density at radius 2 is 1.69 bits per heavy atom. The Hall–Kier alpha value is -1.93. The maximum absolute atomic E-state index is 13.7. The number of carbonyl (C=O) groups is 1. The van der Waals surface area contributed by atoms with Crippen molar-refractivity contribution in [2.75, 3.05) is 19.6 Å². The highest BCUT2D eigenvalue weighted by atomic mass is 35.5. The number of Topliss-reactive ketones (excluding diaryl/α,β-unsaturated/α-hetero) is 1. The average Bonchev–Trinajstić information content (AvgIpc) is 3.38. The molecule has 3 aliphatic rings. The summed E-state index contributed by atoms with van der Waals surface area (Å²) in [6.07, 6.45) is 1.35. The van der Waals surface area contributed by atoms with E-state index in [9.17, 15) is 18.0 Å². The lowest BCUT2D eigenvalue weighted by atomic mass is 9.68. The molecule has 1 saturated heterocycles. The molecule has 0 unspecified atom stereocenters. The third-order valence-corrected chi connectivity index (χ3v) is 8.57. The number of aromatic nitrogens is 3. The van der Waals surface area contributed by atoms with Crippen LogP contribution in [0.5, 0.6) is 0 Å². The summed E-state index contributed by atoms with van der Waals surface area (Å²) in [5, 5.41) is 9.25. The molecule has 9 heteroatoms. The molecule has 216 valence electrons. The van der Waals surface area contributed by atoms with E-state index in [4.69, 9.17) is 0 Å². The lowest BCUT2D eigenvalue weighted by Gasteiger charge is -2.38. The van der Waals surface area contributed by atoms with Crippen LogP contribution < -0.4 is 0 Å². The summed E-state index contributed by atoms with van der Waals surface area (Å²) in [7, 11) is 0. The summed E-state index contributed by atoms with van der Waals surface area (Å²) >= 11 is 0. The maximum Gasteiger partial charge on any atom is 0.401 e. The Labute approximate surface area is 236 Å². The second-order valence-corrected chi connectivity index (χ2v) is 13.4. The van der Waals surface area contributed by atoms with Crippen LogP contribution in [-0.2, 0) is 11.2 Å². The summed E-state index contributed by atoms with van der Waals surface area (Å²) in [6.45, 7) is 10.1. The van der Waals surface area contributed by atoms with Crippen molar-refractivity contribution in [2.45, 2.75) is 97.2 Å². The fraction of sp³-hybridized carbons (Fsp3) is 0.700. The number of aryl methyl sites for hydroxylation is 2. The van der Waals surface area contributed by atoms with Gasteiger partial charge in [-0.05, 0) is 68.4 Å². The summed E-state index contributed by atoms with van der Waals surface area (Å²) < 4.78 is 42.4. The second kappa shape index (κ2) is 11.2. The van der Waals surface area contributed by atoms with Crippen molar-refractivity contribution in [1.82, 2.24) is 19.7 Å². The van der Waals surface area contributed by atoms with Crippen LogP contribution in [0.25, 0.3) is 0 Å². The van der Waals surface area contributed by atoms with Gasteiger partial charge in [0.15, 0.2) is 0 Å². The van der Waals surface area contributed by atoms with E-state index in [0.717, 1.165) is 54.0 Å².